The molecule has 0 radical (unpaired) electrons. The van der Waals surface area contributed by atoms with E-state index in [0.717, 1.165) is 11.1 Å². The van der Waals surface area contributed by atoms with Crippen molar-refractivity contribution in [1.82, 2.24) is 0 Å². The second kappa shape index (κ2) is 3.50. The molecule has 0 saturated carbocycles. The number of benzene rings is 1. The minimum absolute atomic E-state index is 0.294. The maximum Gasteiger partial charge on any atom is 0.336 e. The molecule has 1 aromatic rings. The van der Waals surface area contributed by atoms with E-state index in [4.69, 9.17) is 4.74 Å². The molecular weight excluding hydrogens is 176 g/mol. The van der Waals surface area contributed by atoms with E-state index >= 15 is 0 Å². The molecule has 2 rings (SSSR count). The van der Waals surface area contributed by atoms with Crippen molar-refractivity contribution < 1.29 is 9.53 Å². The Kier molecular flexibility index (Phi) is 2.19. The predicted molar refractivity (Wildman–Crippen MR) is 54.3 cm³/mol. The zero-order chi connectivity index (χ0) is 9.97. The van der Waals surface area contributed by atoms with Gasteiger partial charge in [-0.25, -0.2) is 4.79 Å². The third kappa shape index (κ3) is 1.46. The molecule has 1 aliphatic rings. The Labute approximate surface area is 82.5 Å². The molecule has 0 saturated heterocycles. The average molecular weight is 186 g/mol. The van der Waals surface area contributed by atoms with Gasteiger partial charge in [0, 0.05) is 11.6 Å². The van der Waals surface area contributed by atoms with Crippen LogP contribution in [0.3, 0.4) is 0 Å². The van der Waals surface area contributed by atoms with Gasteiger partial charge in [0.1, 0.15) is 5.76 Å². The van der Waals surface area contributed by atoms with E-state index in [0.29, 0.717) is 5.76 Å². The largest absolute Gasteiger partial charge is 0.423 e. The Morgan fingerprint density at radius 3 is 2.57 bits per heavy atom. The van der Waals surface area contributed by atoms with Crippen LogP contribution in [0.1, 0.15) is 12.5 Å². The van der Waals surface area contributed by atoms with E-state index in [1.54, 1.807) is 6.08 Å². The van der Waals surface area contributed by atoms with Crippen molar-refractivity contribution in [3.63, 3.8) is 0 Å². The van der Waals surface area contributed by atoms with Gasteiger partial charge in [0.15, 0.2) is 0 Å². The van der Waals surface area contributed by atoms with Gasteiger partial charge in [0.25, 0.3) is 0 Å². The van der Waals surface area contributed by atoms with Crippen molar-refractivity contribution in [2.45, 2.75) is 6.92 Å². The van der Waals surface area contributed by atoms with E-state index in [1.165, 1.54) is 6.08 Å². The number of hydrogen-bond acceptors (Lipinski definition) is 2. The van der Waals surface area contributed by atoms with Gasteiger partial charge in [-0.2, -0.15) is 0 Å². The summed E-state index contributed by atoms with van der Waals surface area (Å²) in [4.78, 5) is 11.1. The number of rotatable bonds is 1. The molecule has 1 heterocycles. The summed E-state index contributed by atoms with van der Waals surface area (Å²) in [5, 5.41) is 0. The topological polar surface area (TPSA) is 26.3 Å². The van der Waals surface area contributed by atoms with Gasteiger partial charge in [-0.15, -0.1) is 0 Å². The SMILES string of the molecule is CC=C1OC(=O)C=C1c1ccccc1. The van der Waals surface area contributed by atoms with Crippen molar-refractivity contribution in [1.29, 1.82) is 0 Å². The van der Waals surface area contributed by atoms with E-state index in [-0.39, 0.29) is 5.97 Å². The van der Waals surface area contributed by atoms with Crippen LogP contribution in [0.15, 0.2) is 48.2 Å². The van der Waals surface area contributed by atoms with Crippen LogP contribution in [-0.4, -0.2) is 5.97 Å². The van der Waals surface area contributed by atoms with Gasteiger partial charge in [-0.1, -0.05) is 30.3 Å². The Bertz CT molecular complexity index is 413. The number of carbonyl (C=O) groups excluding carboxylic acids is 1. The summed E-state index contributed by atoms with van der Waals surface area (Å²) in [7, 11) is 0. The molecule has 0 aliphatic carbocycles. The summed E-state index contributed by atoms with van der Waals surface area (Å²) < 4.78 is 5.01. The number of carbonyl (C=O) groups is 1. The van der Waals surface area contributed by atoms with Gasteiger partial charge in [-0.05, 0) is 18.6 Å². The average Bonchev–Trinajstić information content (AvgIpc) is 2.61. The zero-order valence-electron chi connectivity index (χ0n) is 7.86. The molecule has 0 bridgehead atoms. The van der Waals surface area contributed by atoms with Crippen LogP contribution in [0, 0.1) is 0 Å². The molecule has 14 heavy (non-hydrogen) atoms. The summed E-state index contributed by atoms with van der Waals surface area (Å²) in [6, 6.07) is 9.73. The number of cyclic esters (lactones) is 1. The zero-order valence-corrected chi connectivity index (χ0v) is 7.86. The van der Waals surface area contributed by atoms with Crippen LogP contribution in [-0.2, 0) is 9.53 Å². The molecule has 1 aromatic carbocycles. The summed E-state index contributed by atoms with van der Waals surface area (Å²) in [5.74, 6) is 0.346. The van der Waals surface area contributed by atoms with Crippen molar-refractivity contribution in [2.75, 3.05) is 0 Å². The molecule has 0 amide bonds. The lowest BCUT2D eigenvalue weighted by Gasteiger charge is -2.02. The molecule has 2 heteroatoms. The quantitative estimate of drug-likeness (QED) is 0.630. The highest BCUT2D eigenvalue weighted by atomic mass is 16.5. The van der Waals surface area contributed by atoms with Gasteiger partial charge >= 0.3 is 5.97 Å². The molecule has 0 aromatic heterocycles. The van der Waals surface area contributed by atoms with Crippen LogP contribution in [0.5, 0.6) is 0 Å². The first-order valence-electron chi connectivity index (χ1n) is 4.47. The van der Waals surface area contributed by atoms with E-state index in [2.05, 4.69) is 0 Å². The second-order valence-electron chi connectivity index (χ2n) is 3.00. The minimum Gasteiger partial charge on any atom is -0.423 e. The molecule has 1 aliphatic heterocycles. The van der Waals surface area contributed by atoms with Crippen molar-refractivity contribution in [3.05, 3.63) is 53.8 Å². The standard InChI is InChI=1S/C12H10O2/c1-2-11-10(8-12(13)14-11)9-6-4-3-5-7-9/h2-8H,1H3. The lowest BCUT2D eigenvalue weighted by Crippen LogP contribution is -1.90. The Balaban J connectivity index is 2.44. The number of esters is 1. The maximum absolute atomic E-state index is 11.1. The van der Waals surface area contributed by atoms with Crippen LogP contribution in [0.4, 0.5) is 0 Å². The van der Waals surface area contributed by atoms with Crippen molar-refractivity contribution in [2.24, 2.45) is 0 Å². The summed E-state index contributed by atoms with van der Waals surface area (Å²) in [5.41, 5.74) is 1.87. The van der Waals surface area contributed by atoms with Gasteiger partial charge in [-0.3, -0.25) is 0 Å². The van der Waals surface area contributed by atoms with Gasteiger partial charge < -0.3 is 4.74 Å². The second-order valence-corrected chi connectivity index (χ2v) is 3.00. The van der Waals surface area contributed by atoms with Crippen LogP contribution in [0.2, 0.25) is 0 Å². The lowest BCUT2D eigenvalue weighted by atomic mass is 10.1. The van der Waals surface area contributed by atoms with Crippen LogP contribution in [0.25, 0.3) is 5.57 Å². The fourth-order valence-electron chi connectivity index (χ4n) is 1.44. The summed E-state index contributed by atoms with van der Waals surface area (Å²) in [6.45, 7) is 1.85. The lowest BCUT2D eigenvalue weighted by molar-refractivity contribution is -0.132. The number of hydrogen-bond donors (Lipinski definition) is 0. The highest BCUT2D eigenvalue weighted by molar-refractivity contribution is 6.01. The van der Waals surface area contributed by atoms with Crippen LogP contribution < -0.4 is 0 Å². The third-order valence-electron chi connectivity index (χ3n) is 2.09. The first-order chi connectivity index (χ1) is 6.81. The highest BCUT2D eigenvalue weighted by Gasteiger charge is 2.19. The number of ether oxygens (including phenoxy) is 1. The molecule has 2 nitrogen and oxygen atoms in total. The van der Waals surface area contributed by atoms with Crippen molar-refractivity contribution in [3.8, 4) is 0 Å². The molecule has 0 N–H and O–H groups in total. The molecular formula is C12H10O2. The van der Waals surface area contributed by atoms with Gasteiger partial charge in [0.05, 0.1) is 0 Å². The monoisotopic (exact) mass is 186 g/mol. The maximum atomic E-state index is 11.1. The smallest absolute Gasteiger partial charge is 0.336 e. The molecule has 0 unspecified atom stereocenters. The van der Waals surface area contributed by atoms with E-state index < -0.39 is 0 Å². The molecule has 0 spiro atoms. The fraction of sp³-hybridized carbons (Fsp3) is 0.0833. The Morgan fingerprint density at radius 1 is 1.21 bits per heavy atom. The van der Waals surface area contributed by atoms with E-state index in [1.807, 2.05) is 37.3 Å². The normalized spacial score (nSPS) is 18.2. The Morgan fingerprint density at radius 2 is 1.93 bits per heavy atom. The summed E-state index contributed by atoms with van der Waals surface area (Å²) >= 11 is 0. The first-order valence-corrected chi connectivity index (χ1v) is 4.47. The van der Waals surface area contributed by atoms with Crippen LogP contribution >= 0.6 is 0 Å². The molecule has 70 valence electrons. The fourth-order valence-corrected chi connectivity index (χ4v) is 1.44. The third-order valence-corrected chi connectivity index (χ3v) is 2.09. The number of allylic oxidation sites excluding steroid dienone is 2. The minimum atomic E-state index is -0.294. The van der Waals surface area contributed by atoms with Gasteiger partial charge in [0.2, 0.25) is 0 Å². The molecule has 0 atom stereocenters. The predicted octanol–water partition coefficient (Wildman–Crippen LogP) is 2.53. The van der Waals surface area contributed by atoms with E-state index in [9.17, 15) is 4.79 Å². The van der Waals surface area contributed by atoms with Crippen molar-refractivity contribution >= 4 is 11.5 Å². The molecule has 0 fully saturated rings. The Hall–Kier alpha value is -1.83. The highest BCUT2D eigenvalue weighted by Crippen LogP contribution is 2.28. The summed E-state index contributed by atoms with van der Waals surface area (Å²) in [6.07, 6.45) is 3.31. The first kappa shape index (κ1) is 8.75.